The van der Waals surface area contributed by atoms with E-state index in [1.807, 2.05) is 0 Å². The van der Waals surface area contributed by atoms with Gasteiger partial charge in [0.2, 0.25) is 0 Å². The molecule has 0 aromatic heterocycles. The van der Waals surface area contributed by atoms with Gasteiger partial charge in [-0.1, -0.05) is 18.6 Å². The van der Waals surface area contributed by atoms with Crippen LogP contribution in [0.5, 0.6) is 0 Å². The number of carbonyl (C=O) groups excluding carboxylic acids is 1. The van der Waals surface area contributed by atoms with Crippen LogP contribution in [-0.4, -0.2) is 35.0 Å². The van der Waals surface area contributed by atoms with Gasteiger partial charge in [-0.2, -0.15) is 13.2 Å². The summed E-state index contributed by atoms with van der Waals surface area (Å²) in [5.41, 5.74) is -2.39. The van der Waals surface area contributed by atoms with Crippen LogP contribution in [0.25, 0.3) is 0 Å². The van der Waals surface area contributed by atoms with Gasteiger partial charge in [-0.05, 0) is 30.9 Å². The summed E-state index contributed by atoms with van der Waals surface area (Å²) in [5, 5.41) is 9.51. The van der Waals surface area contributed by atoms with Gasteiger partial charge in [0, 0.05) is 13.1 Å². The third-order valence-corrected chi connectivity index (χ3v) is 5.05. The summed E-state index contributed by atoms with van der Waals surface area (Å²) in [5.74, 6) is -1.88. The summed E-state index contributed by atoms with van der Waals surface area (Å²) < 4.78 is 39.2. The summed E-state index contributed by atoms with van der Waals surface area (Å²) >= 11 is 0. The number of aliphatic carboxylic acids is 1. The molecule has 1 aromatic rings. The van der Waals surface area contributed by atoms with Crippen molar-refractivity contribution in [2.75, 3.05) is 13.1 Å². The Morgan fingerprint density at radius 3 is 2.57 bits per heavy atom. The van der Waals surface area contributed by atoms with Crippen molar-refractivity contribution in [3.05, 3.63) is 35.4 Å². The number of halogens is 3. The quantitative estimate of drug-likeness (QED) is 0.908. The van der Waals surface area contributed by atoms with Crippen molar-refractivity contribution >= 4 is 11.9 Å². The third kappa shape index (κ3) is 2.48. The molecule has 1 N–H and O–H groups in total. The lowest BCUT2D eigenvalue weighted by Crippen LogP contribution is -2.37. The molecule has 7 heteroatoms. The molecule has 2 fully saturated rings. The average Bonchev–Trinajstić information content (AvgIpc) is 3.03. The average molecular weight is 327 g/mol. The first-order chi connectivity index (χ1) is 10.8. The normalized spacial score (nSPS) is 27.1. The maximum absolute atomic E-state index is 13.1. The predicted octanol–water partition coefficient (Wildman–Crippen LogP) is 3.03. The Labute approximate surface area is 130 Å². The monoisotopic (exact) mass is 327 g/mol. The first kappa shape index (κ1) is 15.8. The maximum atomic E-state index is 13.1. The molecule has 0 unspecified atom stereocenters. The van der Waals surface area contributed by atoms with E-state index in [9.17, 15) is 27.9 Å². The minimum Gasteiger partial charge on any atom is -0.481 e. The van der Waals surface area contributed by atoms with Gasteiger partial charge in [-0.3, -0.25) is 9.59 Å². The van der Waals surface area contributed by atoms with E-state index in [1.54, 1.807) is 0 Å². The number of carboxylic acids is 1. The van der Waals surface area contributed by atoms with Crippen LogP contribution < -0.4 is 0 Å². The van der Waals surface area contributed by atoms with Gasteiger partial charge in [0.05, 0.1) is 16.5 Å². The zero-order chi connectivity index (χ0) is 16.8. The fourth-order valence-corrected chi connectivity index (χ4v) is 3.88. The van der Waals surface area contributed by atoms with E-state index in [1.165, 1.54) is 17.0 Å². The van der Waals surface area contributed by atoms with Gasteiger partial charge in [0.25, 0.3) is 5.91 Å². The van der Waals surface area contributed by atoms with Gasteiger partial charge in [-0.15, -0.1) is 0 Å². The Morgan fingerprint density at radius 1 is 1.26 bits per heavy atom. The Balaban J connectivity index is 1.91. The Hall–Kier alpha value is -2.05. The number of hydrogen-bond acceptors (Lipinski definition) is 2. The van der Waals surface area contributed by atoms with Gasteiger partial charge >= 0.3 is 12.1 Å². The van der Waals surface area contributed by atoms with Crippen molar-refractivity contribution in [2.24, 2.45) is 11.3 Å². The molecule has 4 nitrogen and oxygen atoms in total. The Morgan fingerprint density at radius 2 is 1.96 bits per heavy atom. The molecule has 0 spiro atoms. The number of carbonyl (C=O) groups is 2. The number of likely N-dealkylation sites (tertiary alicyclic amines) is 1. The Kier molecular flexibility index (Phi) is 3.61. The molecule has 1 saturated heterocycles. The van der Waals surface area contributed by atoms with Crippen LogP contribution in [0.1, 0.15) is 35.2 Å². The molecule has 1 aliphatic heterocycles. The van der Waals surface area contributed by atoms with Gasteiger partial charge in [0.1, 0.15) is 0 Å². The summed E-state index contributed by atoms with van der Waals surface area (Å²) in [7, 11) is 0. The van der Waals surface area contributed by atoms with Crippen LogP contribution in [0.15, 0.2) is 24.3 Å². The molecular weight excluding hydrogens is 311 g/mol. The Bertz CT molecular complexity index is 658. The molecule has 1 aliphatic carbocycles. The van der Waals surface area contributed by atoms with Crippen molar-refractivity contribution < 1.29 is 27.9 Å². The third-order valence-electron chi connectivity index (χ3n) is 5.05. The molecule has 1 amide bonds. The van der Waals surface area contributed by atoms with Crippen molar-refractivity contribution in [1.29, 1.82) is 0 Å². The minimum absolute atomic E-state index is 0.0158. The molecular formula is C16H16F3NO3. The maximum Gasteiger partial charge on any atom is 0.417 e. The molecule has 0 bridgehead atoms. The summed E-state index contributed by atoms with van der Waals surface area (Å²) in [6, 6.07) is 4.63. The topological polar surface area (TPSA) is 57.6 Å². The van der Waals surface area contributed by atoms with E-state index in [0.717, 1.165) is 18.6 Å². The van der Waals surface area contributed by atoms with Crippen molar-refractivity contribution in [3.63, 3.8) is 0 Å². The lowest BCUT2D eigenvalue weighted by Gasteiger charge is -2.24. The second-order valence-corrected chi connectivity index (χ2v) is 6.28. The highest BCUT2D eigenvalue weighted by Crippen LogP contribution is 2.49. The fourth-order valence-electron chi connectivity index (χ4n) is 3.88. The number of alkyl halides is 3. The smallest absolute Gasteiger partial charge is 0.417 e. The molecule has 1 aromatic carbocycles. The largest absolute Gasteiger partial charge is 0.481 e. The van der Waals surface area contributed by atoms with E-state index < -0.39 is 34.6 Å². The zero-order valence-corrected chi connectivity index (χ0v) is 12.3. The summed E-state index contributed by atoms with van der Waals surface area (Å²) in [6.07, 6.45) is -2.68. The van der Waals surface area contributed by atoms with E-state index in [-0.39, 0.29) is 19.0 Å². The fraction of sp³-hybridized carbons (Fsp3) is 0.500. The van der Waals surface area contributed by atoms with E-state index in [2.05, 4.69) is 0 Å². The number of carboxylic acid groups (broad SMARTS) is 1. The summed E-state index contributed by atoms with van der Waals surface area (Å²) in [6.45, 7) is 0.190. The first-order valence-electron chi connectivity index (χ1n) is 7.44. The van der Waals surface area contributed by atoms with Crippen molar-refractivity contribution in [1.82, 2.24) is 4.90 Å². The molecule has 124 valence electrons. The van der Waals surface area contributed by atoms with Gasteiger partial charge in [-0.25, -0.2) is 0 Å². The molecule has 0 radical (unpaired) electrons. The number of benzene rings is 1. The van der Waals surface area contributed by atoms with Crippen LogP contribution in [-0.2, 0) is 11.0 Å². The number of hydrogen-bond donors (Lipinski definition) is 1. The van der Waals surface area contributed by atoms with Crippen LogP contribution in [0.4, 0.5) is 13.2 Å². The van der Waals surface area contributed by atoms with Crippen molar-refractivity contribution in [3.8, 4) is 0 Å². The lowest BCUT2D eigenvalue weighted by molar-refractivity contribution is -0.149. The molecule has 1 saturated carbocycles. The zero-order valence-electron chi connectivity index (χ0n) is 12.3. The molecule has 3 rings (SSSR count). The number of amides is 1. The predicted molar refractivity (Wildman–Crippen MR) is 74.8 cm³/mol. The molecule has 2 atom stereocenters. The van der Waals surface area contributed by atoms with Crippen molar-refractivity contribution in [2.45, 2.75) is 25.4 Å². The highest BCUT2D eigenvalue weighted by atomic mass is 19.4. The first-order valence-corrected chi connectivity index (χ1v) is 7.44. The SMILES string of the molecule is O=C(c1ccccc1C(F)(F)F)N1C[C@@H]2CCC[C@@]2(C(=O)O)C1. The minimum atomic E-state index is -4.62. The second-order valence-electron chi connectivity index (χ2n) is 6.28. The summed E-state index contributed by atoms with van der Waals surface area (Å²) in [4.78, 5) is 25.4. The number of nitrogens with zero attached hydrogens (tertiary/aromatic N) is 1. The number of fused-ring (bicyclic) bond motifs is 1. The second kappa shape index (κ2) is 5.25. The van der Waals surface area contributed by atoms with Crippen LogP contribution >= 0.6 is 0 Å². The van der Waals surface area contributed by atoms with Crippen LogP contribution in [0.3, 0.4) is 0 Å². The van der Waals surface area contributed by atoms with Gasteiger partial charge < -0.3 is 10.0 Å². The van der Waals surface area contributed by atoms with Crippen LogP contribution in [0, 0.1) is 11.3 Å². The number of rotatable bonds is 2. The van der Waals surface area contributed by atoms with E-state index >= 15 is 0 Å². The van der Waals surface area contributed by atoms with Gasteiger partial charge in [0.15, 0.2) is 0 Å². The highest BCUT2D eigenvalue weighted by molar-refractivity contribution is 5.96. The van der Waals surface area contributed by atoms with E-state index in [0.29, 0.717) is 12.8 Å². The molecule has 1 heterocycles. The highest BCUT2D eigenvalue weighted by Gasteiger charge is 2.56. The molecule has 23 heavy (non-hydrogen) atoms. The van der Waals surface area contributed by atoms with E-state index in [4.69, 9.17) is 0 Å². The standard InChI is InChI=1S/C16H16F3NO3/c17-16(18,19)12-6-2-1-5-11(12)13(21)20-8-10-4-3-7-15(10,9-20)14(22)23/h1-2,5-6,10H,3-4,7-9H2,(H,22,23)/t10-,15+/m0/s1. The lowest BCUT2D eigenvalue weighted by atomic mass is 9.81. The van der Waals surface area contributed by atoms with Crippen LogP contribution in [0.2, 0.25) is 0 Å². The molecule has 2 aliphatic rings.